The lowest BCUT2D eigenvalue weighted by molar-refractivity contribution is 0.0991. The van der Waals surface area contributed by atoms with E-state index >= 15 is 0 Å². The zero-order chi connectivity index (χ0) is 10.0. The second-order valence-corrected chi connectivity index (χ2v) is 3.26. The van der Waals surface area contributed by atoms with E-state index in [-0.39, 0.29) is 5.56 Å². The van der Waals surface area contributed by atoms with Gasteiger partial charge in [-0.25, -0.2) is 8.78 Å². The van der Waals surface area contributed by atoms with Gasteiger partial charge in [0.15, 0.2) is 17.4 Å². The van der Waals surface area contributed by atoms with Gasteiger partial charge in [0.05, 0.1) is 5.38 Å². The first-order valence-electron chi connectivity index (χ1n) is 3.65. The van der Waals surface area contributed by atoms with Crippen LogP contribution in [-0.4, -0.2) is 11.2 Å². The molecule has 0 bridgehead atoms. The summed E-state index contributed by atoms with van der Waals surface area (Å²) >= 11 is 5.49. The predicted octanol–water partition coefficient (Wildman–Crippen LogP) is 2.77. The average Bonchev–Trinajstić information content (AvgIpc) is 2.08. The maximum Gasteiger partial charge on any atom is 0.180 e. The number of alkyl halides is 1. The molecule has 1 aromatic rings. The monoisotopic (exact) mass is 204 g/mol. The second-order valence-electron chi connectivity index (χ2n) is 2.61. The Morgan fingerprint density at radius 2 is 2.00 bits per heavy atom. The highest BCUT2D eigenvalue weighted by atomic mass is 35.5. The van der Waals surface area contributed by atoms with Crippen LogP contribution in [0.25, 0.3) is 0 Å². The standard InChI is InChI=1S/C9H7ClF2O/c1-5(10)9(13)6-2-3-7(11)8(12)4-6/h2-5H,1H3. The van der Waals surface area contributed by atoms with Gasteiger partial charge in [-0.1, -0.05) is 0 Å². The van der Waals surface area contributed by atoms with Gasteiger partial charge >= 0.3 is 0 Å². The summed E-state index contributed by atoms with van der Waals surface area (Å²) in [7, 11) is 0. The Hall–Kier alpha value is -0.960. The lowest BCUT2D eigenvalue weighted by Crippen LogP contribution is -2.10. The first kappa shape index (κ1) is 10.1. The van der Waals surface area contributed by atoms with Crippen LogP contribution in [0.3, 0.4) is 0 Å². The molecule has 13 heavy (non-hydrogen) atoms. The van der Waals surface area contributed by atoms with Crippen molar-refractivity contribution < 1.29 is 13.6 Å². The molecule has 0 saturated heterocycles. The van der Waals surface area contributed by atoms with Gasteiger partial charge in [0, 0.05) is 5.56 Å². The molecule has 0 aliphatic carbocycles. The van der Waals surface area contributed by atoms with Crippen LogP contribution in [-0.2, 0) is 0 Å². The van der Waals surface area contributed by atoms with Gasteiger partial charge in [-0.3, -0.25) is 4.79 Å². The van der Waals surface area contributed by atoms with E-state index in [0.29, 0.717) is 0 Å². The van der Waals surface area contributed by atoms with Crippen LogP contribution in [0.2, 0.25) is 0 Å². The first-order valence-corrected chi connectivity index (χ1v) is 4.09. The van der Waals surface area contributed by atoms with Crippen LogP contribution in [0.15, 0.2) is 18.2 Å². The minimum absolute atomic E-state index is 0.0846. The van der Waals surface area contributed by atoms with Crippen LogP contribution >= 0.6 is 11.6 Å². The maximum atomic E-state index is 12.6. The molecule has 0 amide bonds. The summed E-state index contributed by atoms with van der Waals surface area (Å²) in [5.74, 6) is -2.43. The molecule has 0 fully saturated rings. The number of hydrogen-bond acceptors (Lipinski definition) is 1. The van der Waals surface area contributed by atoms with Gasteiger partial charge in [-0.2, -0.15) is 0 Å². The van der Waals surface area contributed by atoms with E-state index in [4.69, 9.17) is 11.6 Å². The van der Waals surface area contributed by atoms with E-state index in [1.54, 1.807) is 0 Å². The van der Waals surface area contributed by atoms with Gasteiger partial charge in [0.25, 0.3) is 0 Å². The largest absolute Gasteiger partial charge is 0.293 e. The molecule has 0 heterocycles. The highest BCUT2D eigenvalue weighted by Crippen LogP contribution is 2.12. The molecule has 1 unspecified atom stereocenters. The summed E-state index contributed by atoms with van der Waals surface area (Å²) < 4.78 is 25.1. The summed E-state index contributed by atoms with van der Waals surface area (Å²) in [6, 6.07) is 2.96. The molecule has 0 radical (unpaired) electrons. The Bertz CT molecular complexity index is 336. The third-order valence-corrected chi connectivity index (χ3v) is 1.76. The Morgan fingerprint density at radius 1 is 1.38 bits per heavy atom. The van der Waals surface area contributed by atoms with Crippen LogP contribution in [0, 0.1) is 11.6 Å². The smallest absolute Gasteiger partial charge is 0.180 e. The fourth-order valence-electron chi connectivity index (χ4n) is 0.879. The van der Waals surface area contributed by atoms with Crippen molar-refractivity contribution in [1.29, 1.82) is 0 Å². The van der Waals surface area contributed by atoms with Crippen LogP contribution < -0.4 is 0 Å². The number of carbonyl (C=O) groups is 1. The third-order valence-electron chi connectivity index (χ3n) is 1.57. The molecule has 0 spiro atoms. The molecule has 0 aliphatic rings. The van der Waals surface area contributed by atoms with Crippen molar-refractivity contribution in [3.63, 3.8) is 0 Å². The Balaban J connectivity index is 3.04. The van der Waals surface area contributed by atoms with Crippen molar-refractivity contribution in [2.24, 2.45) is 0 Å². The number of ketones is 1. The zero-order valence-electron chi connectivity index (χ0n) is 6.85. The van der Waals surface area contributed by atoms with Gasteiger partial charge in [-0.15, -0.1) is 11.6 Å². The average molecular weight is 205 g/mol. The van der Waals surface area contributed by atoms with Crippen molar-refractivity contribution >= 4 is 17.4 Å². The van der Waals surface area contributed by atoms with Crippen molar-refractivity contribution in [2.75, 3.05) is 0 Å². The molecular formula is C9H7ClF2O. The summed E-state index contributed by atoms with van der Waals surface area (Å²) in [6.45, 7) is 1.48. The molecule has 0 saturated carbocycles. The number of hydrogen-bond donors (Lipinski definition) is 0. The van der Waals surface area contributed by atoms with Gasteiger partial charge in [0.1, 0.15) is 0 Å². The van der Waals surface area contributed by atoms with E-state index in [2.05, 4.69) is 0 Å². The van der Waals surface area contributed by atoms with E-state index < -0.39 is 22.8 Å². The molecule has 1 aromatic carbocycles. The lowest BCUT2D eigenvalue weighted by atomic mass is 10.1. The molecule has 1 rings (SSSR count). The molecule has 4 heteroatoms. The molecule has 1 nitrogen and oxygen atoms in total. The normalized spacial score (nSPS) is 12.6. The van der Waals surface area contributed by atoms with Gasteiger partial charge in [0.2, 0.25) is 0 Å². The van der Waals surface area contributed by atoms with E-state index in [0.717, 1.165) is 12.1 Å². The summed E-state index contributed by atoms with van der Waals surface area (Å²) in [6.07, 6.45) is 0. The summed E-state index contributed by atoms with van der Waals surface area (Å²) in [5, 5.41) is -0.732. The lowest BCUT2D eigenvalue weighted by Gasteiger charge is -2.02. The molecule has 0 aliphatic heterocycles. The maximum absolute atomic E-state index is 12.6. The zero-order valence-corrected chi connectivity index (χ0v) is 7.61. The number of rotatable bonds is 2. The van der Waals surface area contributed by atoms with Crippen molar-refractivity contribution in [3.05, 3.63) is 35.4 Å². The van der Waals surface area contributed by atoms with E-state index in [9.17, 15) is 13.6 Å². The minimum Gasteiger partial charge on any atom is -0.293 e. The molecular weight excluding hydrogens is 198 g/mol. The van der Waals surface area contributed by atoms with Crippen molar-refractivity contribution in [2.45, 2.75) is 12.3 Å². The fraction of sp³-hybridized carbons (Fsp3) is 0.222. The topological polar surface area (TPSA) is 17.1 Å². The van der Waals surface area contributed by atoms with Crippen LogP contribution in [0.4, 0.5) is 8.78 Å². The molecule has 0 aromatic heterocycles. The quantitative estimate of drug-likeness (QED) is 0.535. The highest BCUT2D eigenvalue weighted by Gasteiger charge is 2.13. The number of halogens is 3. The number of carbonyl (C=O) groups excluding carboxylic acids is 1. The molecule has 1 atom stereocenters. The Labute approximate surface area is 79.3 Å². The van der Waals surface area contributed by atoms with E-state index in [1.807, 2.05) is 0 Å². The van der Waals surface area contributed by atoms with Crippen LogP contribution in [0.1, 0.15) is 17.3 Å². The molecule has 70 valence electrons. The third kappa shape index (κ3) is 2.25. The first-order chi connectivity index (χ1) is 6.02. The van der Waals surface area contributed by atoms with Gasteiger partial charge in [-0.05, 0) is 25.1 Å². The molecule has 0 N–H and O–H groups in total. The van der Waals surface area contributed by atoms with E-state index in [1.165, 1.54) is 13.0 Å². The predicted molar refractivity (Wildman–Crippen MR) is 46.0 cm³/mol. The number of Topliss-reactive ketones (excluding diaryl/α,β-unsaturated/α-hetero) is 1. The Morgan fingerprint density at radius 3 is 2.46 bits per heavy atom. The van der Waals surface area contributed by atoms with Gasteiger partial charge < -0.3 is 0 Å². The summed E-state index contributed by atoms with van der Waals surface area (Å²) in [5.41, 5.74) is 0.0846. The van der Waals surface area contributed by atoms with Crippen LogP contribution in [0.5, 0.6) is 0 Å². The van der Waals surface area contributed by atoms with Crippen molar-refractivity contribution in [1.82, 2.24) is 0 Å². The number of benzene rings is 1. The SMILES string of the molecule is CC(Cl)C(=O)c1ccc(F)c(F)c1. The fourth-order valence-corrected chi connectivity index (χ4v) is 1.01. The minimum atomic E-state index is -1.04. The second kappa shape index (κ2) is 3.83. The van der Waals surface area contributed by atoms with Crippen molar-refractivity contribution in [3.8, 4) is 0 Å². The Kier molecular flexibility index (Phi) is 2.98. The highest BCUT2D eigenvalue weighted by molar-refractivity contribution is 6.33. The summed E-state index contributed by atoms with van der Waals surface area (Å²) in [4.78, 5) is 11.2.